The van der Waals surface area contributed by atoms with E-state index in [1.165, 1.54) is 6.20 Å². The van der Waals surface area contributed by atoms with Gasteiger partial charge in [0.25, 0.3) is 10.7 Å². The third-order valence-electron chi connectivity index (χ3n) is 7.10. The first-order valence-corrected chi connectivity index (χ1v) is 17.1. The Morgan fingerprint density at radius 1 is 1.12 bits per heavy atom. The normalized spacial score (nSPS) is 27.7. The van der Waals surface area contributed by atoms with Crippen LogP contribution in [0.1, 0.15) is 47.8 Å². The van der Waals surface area contributed by atoms with Crippen molar-refractivity contribution in [3.05, 3.63) is 33.1 Å². The molecule has 1 unspecified atom stereocenters. The number of hydrogen-bond donors (Lipinski definition) is 1. The van der Waals surface area contributed by atoms with E-state index in [9.17, 15) is 9.59 Å². The van der Waals surface area contributed by atoms with Crippen LogP contribution in [0, 0.1) is 0 Å². The van der Waals surface area contributed by atoms with Crippen molar-refractivity contribution in [3.63, 3.8) is 0 Å². The third-order valence-corrected chi connectivity index (χ3v) is 16.5. The van der Waals surface area contributed by atoms with Crippen LogP contribution >= 0.6 is 11.6 Å². The molecule has 11 heteroatoms. The second kappa shape index (κ2) is 8.77. The van der Waals surface area contributed by atoms with Crippen molar-refractivity contribution >= 4 is 28.2 Å². The molecule has 7 nitrogen and oxygen atoms in total. The van der Waals surface area contributed by atoms with Gasteiger partial charge in [-0.25, -0.2) is 9.18 Å². The van der Waals surface area contributed by atoms with Gasteiger partial charge in [-0.15, -0.1) is 0 Å². The Bertz CT molecular complexity index is 934. The first-order chi connectivity index (χ1) is 14.2. The first-order valence-electron chi connectivity index (χ1n) is 10.9. The lowest BCUT2D eigenvalue weighted by Crippen LogP contribution is -2.53. The Morgan fingerprint density at radius 2 is 1.66 bits per heavy atom. The molecule has 184 valence electrons. The molecule has 0 aliphatic carbocycles. The maximum atomic E-state index is 16.2. The molecule has 0 aromatic carbocycles. The zero-order valence-electron chi connectivity index (χ0n) is 20.8. The number of rotatable bonds is 6. The van der Waals surface area contributed by atoms with Crippen molar-refractivity contribution in [2.75, 3.05) is 6.61 Å². The molecule has 1 N–H and O–H groups in total. The molecular formula is C21H38ClFN2O5Si2. The highest BCUT2D eigenvalue weighted by Gasteiger charge is 2.61. The van der Waals surface area contributed by atoms with Crippen LogP contribution < -0.4 is 11.2 Å². The number of hydrogen-bond acceptors (Lipinski definition) is 5. The van der Waals surface area contributed by atoms with Gasteiger partial charge in [-0.05, 0) is 36.3 Å². The minimum atomic E-state index is -2.54. The second-order valence-corrected chi connectivity index (χ2v) is 21.7. The molecule has 0 radical (unpaired) electrons. The zero-order valence-corrected chi connectivity index (χ0v) is 23.6. The summed E-state index contributed by atoms with van der Waals surface area (Å²) in [6, 6.07) is 1.13. The van der Waals surface area contributed by atoms with Gasteiger partial charge in [0.05, 0.1) is 6.61 Å². The molecule has 1 aromatic heterocycles. The lowest BCUT2D eigenvalue weighted by atomic mass is 10.1. The molecule has 0 spiro atoms. The summed E-state index contributed by atoms with van der Waals surface area (Å²) >= 11 is 6.45. The molecule has 0 amide bonds. The molecule has 1 aromatic rings. The molecule has 1 aliphatic heterocycles. The number of nitrogens with zero attached hydrogens (tertiary/aromatic N) is 1. The molecular weight excluding hydrogens is 471 g/mol. The van der Waals surface area contributed by atoms with Crippen molar-refractivity contribution < 1.29 is 18.0 Å². The van der Waals surface area contributed by atoms with E-state index in [0.29, 0.717) is 0 Å². The largest absolute Gasteiger partial charge is 0.414 e. The van der Waals surface area contributed by atoms with Crippen LogP contribution in [0.5, 0.6) is 0 Å². The Morgan fingerprint density at radius 3 is 2.12 bits per heavy atom. The molecule has 2 heterocycles. The van der Waals surface area contributed by atoms with Gasteiger partial charge in [-0.2, -0.15) is 0 Å². The second-order valence-electron chi connectivity index (χ2n) is 11.6. The van der Waals surface area contributed by atoms with Crippen LogP contribution in [0.15, 0.2) is 21.9 Å². The smallest absolute Gasteiger partial charge is 0.330 e. The summed E-state index contributed by atoms with van der Waals surface area (Å²) in [5, 5.41) is -2.79. The lowest BCUT2D eigenvalue weighted by molar-refractivity contribution is -0.0489. The molecule has 32 heavy (non-hydrogen) atoms. The number of ether oxygens (including phenoxy) is 1. The van der Waals surface area contributed by atoms with Gasteiger partial charge < -0.3 is 13.6 Å². The van der Waals surface area contributed by atoms with E-state index in [1.54, 1.807) is 0 Å². The fourth-order valence-electron chi connectivity index (χ4n) is 2.86. The standard InChI is InChI=1S/C21H38ClFN2O5Si2/c1-19(2,3)31(7,8)28-13-14-16(30-32(9,10)20(4,5)6)21(22,23)17(29-14)25-12-11-15(26)24-18(25)27/h11-12,14,16-17H,13H2,1-10H3,(H,24,26,27)/t14-,16-,17?,21+/m1/s1. The summed E-state index contributed by atoms with van der Waals surface area (Å²) < 4.78 is 35.8. The summed E-state index contributed by atoms with van der Waals surface area (Å²) in [4.78, 5) is 26.0. The van der Waals surface area contributed by atoms with Crippen LogP contribution in [0.3, 0.4) is 0 Å². The van der Waals surface area contributed by atoms with E-state index in [2.05, 4.69) is 38.8 Å². The average molecular weight is 509 g/mol. The highest BCUT2D eigenvalue weighted by Crippen LogP contribution is 2.49. The topological polar surface area (TPSA) is 82.5 Å². The molecule has 2 rings (SSSR count). The number of aromatic nitrogens is 2. The van der Waals surface area contributed by atoms with E-state index in [4.69, 9.17) is 25.2 Å². The maximum absolute atomic E-state index is 16.2. The van der Waals surface area contributed by atoms with E-state index in [-0.39, 0.29) is 16.7 Å². The predicted octanol–water partition coefficient (Wildman–Crippen LogP) is 4.75. The van der Waals surface area contributed by atoms with Crippen LogP contribution in [-0.2, 0) is 13.6 Å². The van der Waals surface area contributed by atoms with Gasteiger partial charge in [-0.1, -0.05) is 53.1 Å². The number of halogens is 2. The zero-order chi connectivity index (χ0) is 24.9. The highest BCUT2D eigenvalue weighted by molar-refractivity contribution is 6.74. The van der Waals surface area contributed by atoms with E-state index in [1.807, 2.05) is 33.9 Å². The Hall–Kier alpha value is -0.786. The third kappa shape index (κ3) is 5.47. The van der Waals surface area contributed by atoms with Crippen molar-refractivity contribution in [1.82, 2.24) is 9.55 Å². The lowest BCUT2D eigenvalue weighted by Gasteiger charge is -2.41. The molecule has 4 atom stereocenters. The number of H-pyrrole nitrogens is 1. The fourth-order valence-corrected chi connectivity index (χ4v) is 5.60. The minimum Gasteiger partial charge on any atom is -0.414 e. The molecule has 0 saturated carbocycles. The van der Waals surface area contributed by atoms with Crippen molar-refractivity contribution in [3.8, 4) is 0 Å². The molecule has 1 saturated heterocycles. The number of alkyl halides is 2. The first kappa shape index (κ1) is 27.5. The molecule has 0 bridgehead atoms. The SMILES string of the molecule is CC(C)(C)[Si](C)(C)OC[C@H]1OC(n2ccc(=O)[nH]c2=O)[C@](F)(Cl)[C@@H]1O[Si](C)(C)C(C)(C)C. The van der Waals surface area contributed by atoms with Gasteiger partial charge in [-0.3, -0.25) is 14.3 Å². The average Bonchev–Trinajstić information content (AvgIpc) is 2.82. The summed E-state index contributed by atoms with van der Waals surface area (Å²) in [5.74, 6) is 0. The van der Waals surface area contributed by atoms with Gasteiger partial charge in [0, 0.05) is 12.3 Å². The number of nitrogens with one attached hydrogen (secondary N) is 1. The maximum Gasteiger partial charge on any atom is 0.330 e. The molecule has 1 aliphatic rings. The summed E-state index contributed by atoms with van der Waals surface area (Å²) in [6.07, 6.45) is -2.28. The van der Waals surface area contributed by atoms with E-state index >= 15 is 4.39 Å². The summed E-state index contributed by atoms with van der Waals surface area (Å²) in [7, 11) is -4.63. The van der Waals surface area contributed by atoms with Crippen molar-refractivity contribution in [2.45, 2.75) is 101 Å². The van der Waals surface area contributed by atoms with Crippen molar-refractivity contribution in [2.24, 2.45) is 0 Å². The predicted molar refractivity (Wildman–Crippen MR) is 130 cm³/mol. The quantitative estimate of drug-likeness (QED) is 0.443. The Kier molecular flexibility index (Phi) is 7.53. The van der Waals surface area contributed by atoms with Crippen LogP contribution in [0.2, 0.25) is 36.3 Å². The Balaban J connectivity index is 2.46. The van der Waals surface area contributed by atoms with Crippen LogP contribution in [0.25, 0.3) is 0 Å². The van der Waals surface area contributed by atoms with E-state index < -0.39 is 51.4 Å². The minimum absolute atomic E-state index is 0.0512. The van der Waals surface area contributed by atoms with Gasteiger partial charge in [0.15, 0.2) is 22.9 Å². The van der Waals surface area contributed by atoms with Crippen LogP contribution in [0.4, 0.5) is 4.39 Å². The fraction of sp³-hybridized carbons (Fsp3) is 0.810. The van der Waals surface area contributed by atoms with Crippen molar-refractivity contribution in [1.29, 1.82) is 0 Å². The number of aromatic amines is 1. The Labute approximate surface area is 196 Å². The monoisotopic (exact) mass is 508 g/mol. The summed E-state index contributed by atoms with van der Waals surface area (Å²) in [6.45, 7) is 20.8. The summed E-state index contributed by atoms with van der Waals surface area (Å²) in [5.41, 5.74) is -1.39. The molecule has 1 fully saturated rings. The highest BCUT2D eigenvalue weighted by atomic mass is 35.5. The van der Waals surface area contributed by atoms with E-state index in [0.717, 1.165) is 10.6 Å². The van der Waals surface area contributed by atoms with Gasteiger partial charge >= 0.3 is 5.69 Å². The van der Waals surface area contributed by atoms with Gasteiger partial charge in [0.1, 0.15) is 12.2 Å². The van der Waals surface area contributed by atoms with Crippen LogP contribution in [-0.4, -0.2) is 50.1 Å². The van der Waals surface area contributed by atoms with Gasteiger partial charge in [0.2, 0.25) is 0 Å².